The molecule has 5 nitrogen and oxygen atoms in total. The number of aliphatic imine (C=N–C) groups is 1. The van der Waals surface area contributed by atoms with E-state index in [0.717, 1.165) is 49.8 Å². The summed E-state index contributed by atoms with van der Waals surface area (Å²) in [6.07, 6.45) is 0. The van der Waals surface area contributed by atoms with Gasteiger partial charge in [-0.05, 0) is 35.8 Å². The Balaban J connectivity index is 0.00000264. The van der Waals surface area contributed by atoms with Crippen LogP contribution in [-0.4, -0.2) is 56.3 Å². The predicted octanol–water partition coefficient (Wildman–Crippen LogP) is 2.90. The number of hydrogen-bond donors (Lipinski definition) is 2. The molecule has 0 saturated carbocycles. The maximum Gasteiger partial charge on any atom is 0.191 e. The number of morpholine rings is 1. The first kappa shape index (κ1) is 21.1. The average molecular weight is 517 g/mol. The van der Waals surface area contributed by atoms with Gasteiger partial charge in [0.1, 0.15) is 0 Å². The molecule has 0 unspecified atom stereocenters. The lowest BCUT2D eigenvalue weighted by atomic mass is 10.0. The molecule has 0 aliphatic carbocycles. The lowest BCUT2D eigenvalue weighted by Gasteiger charge is -2.41. The zero-order valence-electron chi connectivity index (χ0n) is 13.9. The molecule has 0 bridgehead atoms. The number of nitrogens with zero attached hydrogens (tertiary/aromatic N) is 2. The molecular weight excluding hydrogens is 491 g/mol. The predicted molar refractivity (Wildman–Crippen MR) is 112 cm³/mol. The highest BCUT2D eigenvalue weighted by Gasteiger charge is 2.28. The summed E-state index contributed by atoms with van der Waals surface area (Å²) in [6, 6.07) is 2.13. The standard InChI is InChI=1S/C15H25BrN4OS.HI/c1-15(2,20-4-6-21-7-5-20)11-19-14(17-3)18-9-13-8-12(16)10-22-13;/h8,10H,4-7,9,11H2,1-3H3,(H2,17,18,19);1H. The molecule has 1 aliphatic rings. The smallest absolute Gasteiger partial charge is 0.191 e. The fourth-order valence-corrected chi connectivity index (χ4v) is 3.81. The molecule has 2 N–H and O–H groups in total. The molecule has 8 heteroatoms. The summed E-state index contributed by atoms with van der Waals surface area (Å²) in [7, 11) is 1.81. The van der Waals surface area contributed by atoms with E-state index >= 15 is 0 Å². The summed E-state index contributed by atoms with van der Waals surface area (Å²) in [6.45, 7) is 9.78. The highest BCUT2D eigenvalue weighted by Crippen LogP contribution is 2.19. The second-order valence-electron chi connectivity index (χ2n) is 5.92. The zero-order chi connectivity index (χ0) is 16.0. The van der Waals surface area contributed by atoms with Gasteiger partial charge >= 0.3 is 0 Å². The van der Waals surface area contributed by atoms with Gasteiger partial charge in [0.15, 0.2) is 5.96 Å². The maximum absolute atomic E-state index is 5.43. The number of nitrogens with one attached hydrogen (secondary N) is 2. The molecule has 2 rings (SSSR count). The van der Waals surface area contributed by atoms with Crippen molar-refractivity contribution in [3.63, 3.8) is 0 Å². The Morgan fingerprint density at radius 3 is 2.65 bits per heavy atom. The van der Waals surface area contributed by atoms with Crippen LogP contribution < -0.4 is 10.6 Å². The van der Waals surface area contributed by atoms with Gasteiger partial charge in [0.25, 0.3) is 0 Å². The highest BCUT2D eigenvalue weighted by molar-refractivity contribution is 14.0. The molecule has 23 heavy (non-hydrogen) atoms. The zero-order valence-corrected chi connectivity index (χ0v) is 18.6. The molecule has 1 saturated heterocycles. The van der Waals surface area contributed by atoms with Gasteiger partial charge in [-0.1, -0.05) is 0 Å². The molecule has 0 aromatic carbocycles. The molecule has 0 radical (unpaired) electrons. The number of ether oxygens (including phenoxy) is 1. The Morgan fingerprint density at radius 1 is 1.39 bits per heavy atom. The quantitative estimate of drug-likeness (QED) is 0.359. The van der Waals surface area contributed by atoms with Gasteiger partial charge < -0.3 is 15.4 Å². The topological polar surface area (TPSA) is 48.9 Å². The Kier molecular flexibility index (Phi) is 9.35. The van der Waals surface area contributed by atoms with E-state index < -0.39 is 0 Å². The lowest BCUT2D eigenvalue weighted by Crippen LogP contribution is -2.56. The van der Waals surface area contributed by atoms with Crippen LogP contribution in [0.2, 0.25) is 0 Å². The molecule has 1 fully saturated rings. The molecule has 0 amide bonds. The van der Waals surface area contributed by atoms with Crippen LogP contribution in [0.3, 0.4) is 0 Å². The number of hydrogen-bond acceptors (Lipinski definition) is 4. The SMILES string of the molecule is CN=C(NCc1cc(Br)cs1)NCC(C)(C)N1CCOCC1.I. The van der Waals surface area contributed by atoms with Gasteiger partial charge in [0, 0.05) is 47.0 Å². The lowest BCUT2D eigenvalue weighted by molar-refractivity contribution is -0.00834. The van der Waals surface area contributed by atoms with Gasteiger partial charge in [0.2, 0.25) is 0 Å². The van der Waals surface area contributed by atoms with Gasteiger partial charge in [-0.15, -0.1) is 35.3 Å². The van der Waals surface area contributed by atoms with Crippen molar-refractivity contribution in [1.29, 1.82) is 0 Å². The molecule has 1 aromatic heterocycles. The minimum absolute atomic E-state index is 0. The summed E-state index contributed by atoms with van der Waals surface area (Å²) in [5, 5.41) is 8.89. The van der Waals surface area contributed by atoms with Crippen molar-refractivity contribution in [3.8, 4) is 0 Å². The van der Waals surface area contributed by atoms with Crippen LogP contribution in [0.1, 0.15) is 18.7 Å². The highest BCUT2D eigenvalue weighted by atomic mass is 127. The van der Waals surface area contributed by atoms with Crippen LogP contribution in [-0.2, 0) is 11.3 Å². The number of guanidine groups is 1. The van der Waals surface area contributed by atoms with Crippen molar-refractivity contribution < 1.29 is 4.74 Å². The second-order valence-corrected chi connectivity index (χ2v) is 7.83. The molecule has 0 spiro atoms. The molecule has 0 atom stereocenters. The summed E-state index contributed by atoms with van der Waals surface area (Å²) in [4.78, 5) is 8.05. The van der Waals surface area contributed by atoms with E-state index in [2.05, 4.69) is 61.7 Å². The first-order chi connectivity index (χ1) is 10.5. The third-order valence-electron chi connectivity index (χ3n) is 3.83. The Labute approximate surface area is 168 Å². The van der Waals surface area contributed by atoms with Gasteiger partial charge in [0.05, 0.1) is 19.8 Å². The van der Waals surface area contributed by atoms with Crippen LogP contribution >= 0.6 is 51.2 Å². The van der Waals surface area contributed by atoms with Crippen molar-refractivity contribution >= 4 is 57.2 Å². The van der Waals surface area contributed by atoms with Crippen molar-refractivity contribution in [2.24, 2.45) is 4.99 Å². The average Bonchev–Trinajstić information content (AvgIpc) is 2.94. The Morgan fingerprint density at radius 2 is 2.09 bits per heavy atom. The minimum atomic E-state index is 0. The second kappa shape index (κ2) is 10.2. The van der Waals surface area contributed by atoms with Crippen molar-refractivity contribution in [2.45, 2.75) is 25.9 Å². The van der Waals surface area contributed by atoms with Crippen LogP contribution in [0, 0.1) is 0 Å². The van der Waals surface area contributed by atoms with Crippen molar-refractivity contribution in [3.05, 3.63) is 20.8 Å². The number of rotatable bonds is 5. The third-order valence-corrected chi connectivity index (χ3v) is 5.53. The fraction of sp³-hybridized carbons (Fsp3) is 0.667. The normalized spacial score (nSPS) is 16.8. The first-order valence-electron chi connectivity index (χ1n) is 7.51. The minimum Gasteiger partial charge on any atom is -0.379 e. The van der Waals surface area contributed by atoms with Gasteiger partial charge in [-0.25, -0.2) is 0 Å². The molecular formula is C15H26BrIN4OS. The molecule has 132 valence electrons. The molecule has 2 heterocycles. The summed E-state index contributed by atoms with van der Waals surface area (Å²) in [5.74, 6) is 0.839. The largest absolute Gasteiger partial charge is 0.379 e. The summed E-state index contributed by atoms with van der Waals surface area (Å²) in [5.41, 5.74) is 0.0767. The van der Waals surface area contributed by atoms with E-state index in [1.54, 1.807) is 18.4 Å². The Bertz CT molecular complexity index is 503. The van der Waals surface area contributed by atoms with E-state index in [4.69, 9.17) is 4.74 Å². The van der Waals surface area contributed by atoms with Gasteiger partial charge in [-0.3, -0.25) is 9.89 Å². The van der Waals surface area contributed by atoms with E-state index in [9.17, 15) is 0 Å². The molecule has 1 aromatic rings. The number of thiophene rings is 1. The maximum atomic E-state index is 5.43. The van der Waals surface area contributed by atoms with Crippen LogP contribution in [0.4, 0.5) is 0 Å². The van der Waals surface area contributed by atoms with E-state index in [0.29, 0.717) is 0 Å². The Hall–Kier alpha value is 0.1000. The van der Waals surface area contributed by atoms with Crippen LogP contribution in [0.25, 0.3) is 0 Å². The number of halogens is 2. The van der Waals surface area contributed by atoms with Crippen molar-refractivity contribution in [2.75, 3.05) is 39.9 Å². The monoisotopic (exact) mass is 516 g/mol. The third kappa shape index (κ3) is 6.85. The van der Waals surface area contributed by atoms with E-state index in [1.165, 1.54) is 4.88 Å². The van der Waals surface area contributed by atoms with Crippen molar-refractivity contribution in [1.82, 2.24) is 15.5 Å². The molecule has 1 aliphatic heterocycles. The van der Waals surface area contributed by atoms with Crippen LogP contribution in [0.15, 0.2) is 20.9 Å². The first-order valence-corrected chi connectivity index (χ1v) is 9.19. The van der Waals surface area contributed by atoms with Crippen LogP contribution in [0.5, 0.6) is 0 Å². The van der Waals surface area contributed by atoms with Gasteiger partial charge in [-0.2, -0.15) is 0 Å². The fourth-order valence-electron chi connectivity index (χ4n) is 2.42. The summed E-state index contributed by atoms with van der Waals surface area (Å²) < 4.78 is 6.56. The van der Waals surface area contributed by atoms with E-state index in [-0.39, 0.29) is 29.5 Å². The van der Waals surface area contributed by atoms with E-state index in [1.807, 2.05) is 0 Å². The summed E-state index contributed by atoms with van der Waals surface area (Å²) >= 11 is 5.21.